The number of nitrogens with one attached hydrogen (secondary N) is 1. The first-order valence-corrected chi connectivity index (χ1v) is 6.62. The van der Waals surface area contributed by atoms with Crippen molar-refractivity contribution in [3.05, 3.63) is 30.1 Å². The van der Waals surface area contributed by atoms with E-state index in [1.54, 1.807) is 24.5 Å². The Hall–Kier alpha value is -1.71. The molecule has 0 bridgehead atoms. The van der Waals surface area contributed by atoms with Crippen molar-refractivity contribution < 1.29 is 4.79 Å². The Morgan fingerprint density at radius 2 is 1.89 bits per heavy atom. The minimum absolute atomic E-state index is 0.183. The van der Waals surface area contributed by atoms with E-state index in [0.29, 0.717) is 5.56 Å². The van der Waals surface area contributed by atoms with E-state index in [-0.39, 0.29) is 5.91 Å². The fourth-order valence-electron chi connectivity index (χ4n) is 2.12. The van der Waals surface area contributed by atoms with Crippen LogP contribution in [-0.2, 0) is 0 Å². The highest BCUT2D eigenvalue weighted by Gasteiger charge is 2.07. The zero-order valence-electron chi connectivity index (χ0n) is 10.6. The number of hydrogen-bond donors (Lipinski definition) is 1. The molecule has 1 aliphatic carbocycles. The molecule has 0 atom stereocenters. The van der Waals surface area contributed by atoms with Gasteiger partial charge in [-0.2, -0.15) is 5.10 Å². The number of aromatic nitrogens is 1. The number of carbonyl (C=O) groups excluding carboxylic acids is 1. The topological polar surface area (TPSA) is 54.4 Å². The summed E-state index contributed by atoms with van der Waals surface area (Å²) in [6, 6.07) is 3.48. The predicted octanol–water partition coefficient (Wildman–Crippen LogP) is 2.91. The largest absolute Gasteiger partial charge is 0.272 e. The van der Waals surface area contributed by atoms with Gasteiger partial charge in [-0.25, -0.2) is 5.43 Å². The lowest BCUT2D eigenvalue weighted by molar-refractivity contribution is 0.0954. The number of carbonyl (C=O) groups is 1. The standard InChI is InChI=1S/C14H19N3O/c18-14(12-7-6-10-15-11-12)17-16-13-8-4-2-1-3-5-9-13/h6-7,10-11H,1-5,8-9H2,(H,17,18). The average molecular weight is 245 g/mol. The summed E-state index contributed by atoms with van der Waals surface area (Å²) in [6.45, 7) is 0. The second kappa shape index (κ2) is 6.89. The van der Waals surface area contributed by atoms with Crippen LogP contribution in [0.5, 0.6) is 0 Å². The zero-order valence-corrected chi connectivity index (χ0v) is 10.6. The SMILES string of the molecule is O=C(NN=C1CCCCCCC1)c1cccnc1. The van der Waals surface area contributed by atoms with Crippen LogP contribution in [0.3, 0.4) is 0 Å². The summed E-state index contributed by atoms with van der Waals surface area (Å²) >= 11 is 0. The van der Waals surface area contributed by atoms with Crippen LogP contribution in [0.4, 0.5) is 0 Å². The number of pyridine rings is 1. The number of rotatable bonds is 2. The first-order chi connectivity index (χ1) is 8.86. The van der Waals surface area contributed by atoms with Crippen molar-refractivity contribution in [2.75, 3.05) is 0 Å². The first kappa shape index (κ1) is 12.7. The summed E-state index contributed by atoms with van der Waals surface area (Å²) in [5.41, 5.74) is 4.29. The molecule has 1 aromatic heterocycles. The molecule has 0 saturated heterocycles. The minimum atomic E-state index is -0.183. The van der Waals surface area contributed by atoms with E-state index in [9.17, 15) is 4.79 Å². The summed E-state index contributed by atoms with van der Waals surface area (Å²) in [7, 11) is 0. The van der Waals surface area contributed by atoms with Gasteiger partial charge < -0.3 is 0 Å². The van der Waals surface area contributed by atoms with E-state index in [1.807, 2.05) is 0 Å². The summed E-state index contributed by atoms with van der Waals surface area (Å²) in [4.78, 5) is 15.7. The fourth-order valence-corrected chi connectivity index (χ4v) is 2.12. The van der Waals surface area contributed by atoms with Gasteiger partial charge in [0.2, 0.25) is 0 Å². The number of nitrogens with zero attached hydrogens (tertiary/aromatic N) is 2. The van der Waals surface area contributed by atoms with Gasteiger partial charge in [0.15, 0.2) is 0 Å². The van der Waals surface area contributed by atoms with Crippen molar-refractivity contribution in [3.8, 4) is 0 Å². The molecule has 0 unspecified atom stereocenters. The highest BCUT2D eigenvalue weighted by molar-refractivity contribution is 5.95. The highest BCUT2D eigenvalue weighted by atomic mass is 16.2. The lowest BCUT2D eigenvalue weighted by Gasteiger charge is -2.10. The summed E-state index contributed by atoms with van der Waals surface area (Å²) < 4.78 is 0. The van der Waals surface area contributed by atoms with Crippen molar-refractivity contribution in [1.82, 2.24) is 10.4 Å². The van der Waals surface area contributed by atoms with E-state index in [2.05, 4.69) is 15.5 Å². The van der Waals surface area contributed by atoms with E-state index in [0.717, 1.165) is 18.6 Å². The third-order valence-electron chi connectivity index (χ3n) is 3.17. The second-order valence-corrected chi connectivity index (χ2v) is 4.63. The Kier molecular flexibility index (Phi) is 4.88. The predicted molar refractivity (Wildman–Crippen MR) is 71.5 cm³/mol. The maximum atomic E-state index is 11.8. The molecule has 1 N–H and O–H groups in total. The van der Waals surface area contributed by atoms with E-state index in [1.165, 1.54) is 32.1 Å². The van der Waals surface area contributed by atoms with E-state index in [4.69, 9.17) is 0 Å². The van der Waals surface area contributed by atoms with Crippen LogP contribution >= 0.6 is 0 Å². The molecule has 0 aliphatic heterocycles. The minimum Gasteiger partial charge on any atom is -0.267 e. The molecule has 96 valence electrons. The second-order valence-electron chi connectivity index (χ2n) is 4.63. The third-order valence-corrected chi connectivity index (χ3v) is 3.17. The third kappa shape index (κ3) is 3.95. The lowest BCUT2D eigenvalue weighted by atomic mass is 9.99. The molecule has 1 aromatic rings. The van der Waals surface area contributed by atoms with E-state index < -0.39 is 0 Å². The van der Waals surface area contributed by atoms with Crippen LogP contribution in [-0.4, -0.2) is 16.6 Å². The van der Waals surface area contributed by atoms with Gasteiger partial charge in [-0.1, -0.05) is 19.3 Å². The van der Waals surface area contributed by atoms with Gasteiger partial charge in [0.1, 0.15) is 0 Å². The first-order valence-electron chi connectivity index (χ1n) is 6.62. The smallest absolute Gasteiger partial charge is 0.267 e. The van der Waals surface area contributed by atoms with E-state index >= 15 is 0 Å². The van der Waals surface area contributed by atoms with Crippen molar-refractivity contribution in [1.29, 1.82) is 0 Å². The maximum Gasteiger partial charge on any atom is 0.272 e. The molecule has 18 heavy (non-hydrogen) atoms. The Morgan fingerprint density at radius 1 is 1.17 bits per heavy atom. The van der Waals surface area contributed by atoms with Gasteiger partial charge >= 0.3 is 0 Å². The van der Waals surface area contributed by atoms with Crippen LogP contribution in [0.15, 0.2) is 29.6 Å². The van der Waals surface area contributed by atoms with Crippen molar-refractivity contribution in [2.24, 2.45) is 5.10 Å². The molecule has 1 aliphatic rings. The molecule has 4 heteroatoms. The van der Waals surface area contributed by atoms with Gasteiger partial charge in [-0.15, -0.1) is 0 Å². The lowest BCUT2D eigenvalue weighted by Crippen LogP contribution is -2.20. The quantitative estimate of drug-likeness (QED) is 0.814. The van der Waals surface area contributed by atoms with Crippen LogP contribution in [0.2, 0.25) is 0 Å². The summed E-state index contributed by atoms with van der Waals surface area (Å²) in [5.74, 6) is -0.183. The Balaban J connectivity index is 1.90. The normalized spacial score (nSPS) is 16.6. The number of hydrogen-bond acceptors (Lipinski definition) is 3. The maximum absolute atomic E-state index is 11.8. The fraction of sp³-hybridized carbons (Fsp3) is 0.500. The van der Waals surface area contributed by atoms with Crippen LogP contribution in [0, 0.1) is 0 Å². The zero-order chi connectivity index (χ0) is 12.6. The summed E-state index contributed by atoms with van der Waals surface area (Å²) in [6.07, 6.45) is 11.5. The summed E-state index contributed by atoms with van der Waals surface area (Å²) in [5, 5.41) is 4.25. The molecule has 1 saturated carbocycles. The number of amides is 1. The van der Waals surface area contributed by atoms with Crippen LogP contribution < -0.4 is 5.43 Å². The molecule has 2 rings (SSSR count). The molecular weight excluding hydrogens is 226 g/mol. The van der Waals surface area contributed by atoms with Gasteiger partial charge in [0.25, 0.3) is 5.91 Å². The van der Waals surface area contributed by atoms with Gasteiger partial charge in [0, 0.05) is 18.1 Å². The molecule has 4 nitrogen and oxygen atoms in total. The van der Waals surface area contributed by atoms with Crippen LogP contribution in [0.25, 0.3) is 0 Å². The Labute approximate surface area is 108 Å². The van der Waals surface area contributed by atoms with Gasteiger partial charge in [0.05, 0.1) is 5.56 Å². The van der Waals surface area contributed by atoms with Crippen molar-refractivity contribution in [2.45, 2.75) is 44.9 Å². The molecule has 1 amide bonds. The molecule has 1 fully saturated rings. The van der Waals surface area contributed by atoms with Crippen molar-refractivity contribution in [3.63, 3.8) is 0 Å². The van der Waals surface area contributed by atoms with Crippen molar-refractivity contribution >= 4 is 11.6 Å². The average Bonchev–Trinajstić information content (AvgIpc) is 2.38. The monoisotopic (exact) mass is 245 g/mol. The number of hydrazone groups is 1. The Bertz CT molecular complexity index is 404. The molecular formula is C14H19N3O. The van der Waals surface area contributed by atoms with Gasteiger partial charge in [-0.05, 0) is 37.8 Å². The molecule has 1 heterocycles. The highest BCUT2D eigenvalue weighted by Crippen LogP contribution is 2.14. The Morgan fingerprint density at radius 3 is 2.56 bits per heavy atom. The van der Waals surface area contributed by atoms with Crippen LogP contribution in [0.1, 0.15) is 55.3 Å². The molecule has 0 aromatic carbocycles. The molecule has 0 radical (unpaired) electrons. The molecule has 0 spiro atoms. The van der Waals surface area contributed by atoms with Gasteiger partial charge in [-0.3, -0.25) is 9.78 Å².